The van der Waals surface area contributed by atoms with E-state index in [-0.39, 0.29) is 42.1 Å². The van der Waals surface area contributed by atoms with Gasteiger partial charge < -0.3 is 15.4 Å². The third-order valence-corrected chi connectivity index (χ3v) is 4.45. The molecular weight excluding hydrogens is 354 g/mol. The topological polar surface area (TPSA) is 74.4 Å². The normalized spacial score (nSPS) is 24.0. The van der Waals surface area contributed by atoms with Crippen LogP contribution < -0.4 is 26.2 Å². The standard InChI is InChI=1S/C16H22F2N4O2.ClH/c17-16(18)24-12-3-1-2-10(8-12)14-13(9-20-22-14)15(23)21-11-4-6-19-7-5-11;/h1-3,8,11,13-14,16,19-20,22H,4-7,9H2,(H,21,23);1H. The molecule has 1 amide bonds. The molecule has 1 aromatic carbocycles. The maximum Gasteiger partial charge on any atom is 0.387 e. The van der Waals surface area contributed by atoms with Crippen molar-refractivity contribution in [3.05, 3.63) is 29.8 Å². The van der Waals surface area contributed by atoms with Crippen molar-refractivity contribution in [1.82, 2.24) is 21.5 Å². The summed E-state index contributed by atoms with van der Waals surface area (Å²) in [4.78, 5) is 12.6. The maximum absolute atomic E-state index is 12.6. The van der Waals surface area contributed by atoms with Crippen LogP contribution in [0.25, 0.3) is 0 Å². The van der Waals surface area contributed by atoms with Gasteiger partial charge in [0, 0.05) is 12.6 Å². The Kier molecular flexibility index (Phi) is 7.37. The monoisotopic (exact) mass is 376 g/mol. The summed E-state index contributed by atoms with van der Waals surface area (Å²) in [6, 6.07) is 6.37. The highest BCUT2D eigenvalue weighted by atomic mass is 35.5. The van der Waals surface area contributed by atoms with Crippen LogP contribution in [-0.2, 0) is 4.79 Å². The number of hydrogen-bond donors (Lipinski definition) is 4. The number of carbonyl (C=O) groups excluding carboxylic acids is 1. The number of halogens is 3. The molecule has 3 rings (SSSR count). The van der Waals surface area contributed by atoms with Crippen LogP contribution >= 0.6 is 12.4 Å². The Labute approximate surface area is 151 Å². The molecule has 2 saturated heterocycles. The summed E-state index contributed by atoms with van der Waals surface area (Å²) < 4.78 is 29.2. The van der Waals surface area contributed by atoms with Gasteiger partial charge in [0.25, 0.3) is 0 Å². The Morgan fingerprint density at radius 1 is 1.28 bits per heavy atom. The van der Waals surface area contributed by atoms with Crippen molar-refractivity contribution < 1.29 is 18.3 Å². The zero-order valence-electron chi connectivity index (χ0n) is 13.6. The lowest BCUT2D eigenvalue weighted by atomic mass is 9.93. The Morgan fingerprint density at radius 3 is 2.76 bits per heavy atom. The van der Waals surface area contributed by atoms with Crippen LogP contribution in [0.1, 0.15) is 24.4 Å². The molecule has 9 heteroatoms. The molecule has 4 N–H and O–H groups in total. The van der Waals surface area contributed by atoms with Gasteiger partial charge in [0.1, 0.15) is 5.75 Å². The zero-order valence-corrected chi connectivity index (χ0v) is 14.5. The molecule has 25 heavy (non-hydrogen) atoms. The average Bonchev–Trinajstić information content (AvgIpc) is 3.05. The molecule has 0 bridgehead atoms. The van der Waals surface area contributed by atoms with E-state index in [9.17, 15) is 13.6 Å². The van der Waals surface area contributed by atoms with Gasteiger partial charge in [-0.05, 0) is 43.6 Å². The smallest absolute Gasteiger partial charge is 0.387 e. The molecule has 0 spiro atoms. The third-order valence-electron chi connectivity index (χ3n) is 4.45. The highest BCUT2D eigenvalue weighted by Crippen LogP contribution is 2.28. The van der Waals surface area contributed by atoms with E-state index in [2.05, 4.69) is 26.2 Å². The van der Waals surface area contributed by atoms with Gasteiger partial charge in [-0.3, -0.25) is 10.2 Å². The Hall–Kier alpha value is -1.48. The van der Waals surface area contributed by atoms with Gasteiger partial charge in [-0.1, -0.05) is 12.1 Å². The molecule has 140 valence electrons. The second kappa shape index (κ2) is 9.28. The van der Waals surface area contributed by atoms with Crippen molar-refractivity contribution in [3.63, 3.8) is 0 Å². The first kappa shape index (κ1) is 19.8. The van der Waals surface area contributed by atoms with E-state index in [4.69, 9.17) is 0 Å². The van der Waals surface area contributed by atoms with E-state index in [1.54, 1.807) is 18.2 Å². The number of hydrazine groups is 1. The van der Waals surface area contributed by atoms with Crippen molar-refractivity contribution in [2.45, 2.75) is 31.5 Å². The van der Waals surface area contributed by atoms with Gasteiger partial charge in [-0.25, -0.2) is 5.43 Å². The molecule has 2 atom stereocenters. The largest absolute Gasteiger partial charge is 0.435 e. The van der Waals surface area contributed by atoms with E-state index < -0.39 is 6.61 Å². The van der Waals surface area contributed by atoms with Crippen LogP contribution in [0.5, 0.6) is 5.75 Å². The highest BCUT2D eigenvalue weighted by Gasteiger charge is 2.35. The summed E-state index contributed by atoms with van der Waals surface area (Å²) in [7, 11) is 0. The fourth-order valence-corrected chi connectivity index (χ4v) is 3.22. The minimum atomic E-state index is -2.87. The molecule has 2 heterocycles. The number of ether oxygens (including phenoxy) is 1. The molecule has 1 aromatic rings. The summed E-state index contributed by atoms with van der Waals surface area (Å²) in [5, 5.41) is 6.36. The van der Waals surface area contributed by atoms with Crippen LogP contribution in [0.4, 0.5) is 8.78 Å². The second-order valence-corrected chi connectivity index (χ2v) is 6.09. The number of piperidine rings is 1. The molecule has 2 unspecified atom stereocenters. The van der Waals surface area contributed by atoms with Gasteiger partial charge in [0.2, 0.25) is 5.91 Å². The predicted molar refractivity (Wildman–Crippen MR) is 91.7 cm³/mol. The lowest BCUT2D eigenvalue weighted by Crippen LogP contribution is -2.46. The van der Waals surface area contributed by atoms with Gasteiger partial charge >= 0.3 is 6.61 Å². The zero-order chi connectivity index (χ0) is 16.9. The summed E-state index contributed by atoms with van der Waals surface area (Å²) in [5.41, 5.74) is 6.78. The van der Waals surface area contributed by atoms with Crippen molar-refractivity contribution >= 4 is 18.3 Å². The number of amides is 1. The Balaban J connectivity index is 0.00000225. The lowest BCUT2D eigenvalue weighted by molar-refractivity contribution is -0.125. The van der Waals surface area contributed by atoms with Crippen molar-refractivity contribution in [2.24, 2.45) is 5.92 Å². The van der Waals surface area contributed by atoms with E-state index >= 15 is 0 Å². The molecule has 0 aromatic heterocycles. The van der Waals surface area contributed by atoms with Gasteiger partial charge in [0.15, 0.2) is 0 Å². The molecule has 6 nitrogen and oxygen atoms in total. The van der Waals surface area contributed by atoms with E-state index in [0.717, 1.165) is 31.5 Å². The first-order chi connectivity index (χ1) is 11.6. The van der Waals surface area contributed by atoms with Crippen LogP contribution in [0.15, 0.2) is 24.3 Å². The minimum absolute atomic E-state index is 0. The number of nitrogens with one attached hydrogen (secondary N) is 4. The van der Waals surface area contributed by atoms with E-state index in [1.165, 1.54) is 6.07 Å². The summed E-state index contributed by atoms with van der Waals surface area (Å²) in [6.07, 6.45) is 1.84. The van der Waals surface area contributed by atoms with Crippen molar-refractivity contribution in [2.75, 3.05) is 19.6 Å². The number of hydrogen-bond acceptors (Lipinski definition) is 5. The first-order valence-electron chi connectivity index (χ1n) is 8.18. The second-order valence-electron chi connectivity index (χ2n) is 6.09. The summed E-state index contributed by atoms with van der Waals surface area (Å²) >= 11 is 0. The van der Waals surface area contributed by atoms with Crippen LogP contribution in [0.2, 0.25) is 0 Å². The minimum Gasteiger partial charge on any atom is -0.435 e. The van der Waals surface area contributed by atoms with Crippen LogP contribution in [0, 0.1) is 5.92 Å². The third kappa shape index (κ3) is 5.24. The van der Waals surface area contributed by atoms with Crippen LogP contribution in [0.3, 0.4) is 0 Å². The predicted octanol–water partition coefficient (Wildman–Crippen LogP) is 1.34. The molecule has 0 radical (unpaired) electrons. The van der Waals surface area contributed by atoms with E-state index in [0.29, 0.717) is 6.54 Å². The number of carbonyl (C=O) groups is 1. The van der Waals surface area contributed by atoms with Crippen molar-refractivity contribution in [3.8, 4) is 5.75 Å². The van der Waals surface area contributed by atoms with Crippen molar-refractivity contribution in [1.29, 1.82) is 0 Å². The fraction of sp³-hybridized carbons (Fsp3) is 0.562. The van der Waals surface area contributed by atoms with Crippen LogP contribution in [-0.4, -0.2) is 38.2 Å². The molecule has 2 aliphatic rings. The SMILES string of the molecule is Cl.O=C(NC1CCNCC1)C1CNNC1c1cccc(OC(F)F)c1. The van der Waals surface area contributed by atoms with E-state index in [1.807, 2.05) is 0 Å². The highest BCUT2D eigenvalue weighted by molar-refractivity contribution is 5.85. The Morgan fingerprint density at radius 2 is 2.04 bits per heavy atom. The Bertz CT molecular complexity index is 573. The fourth-order valence-electron chi connectivity index (χ4n) is 3.22. The lowest BCUT2D eigenvalue weighted by Gasteiger charge is -2.26. The summed E-state index contributed by atoms with van der Waals surface area (Å²) in [5.74, 6) is -0.236. The van der Waals surface area contributed by atoms with Gasteiger partial charge in [-0.15, -0.1) is 12.4 Å². The van der Waals surface area contributed by atoms with Gasteiger partial charge in [-0.2, -0.15) is 8.78 Å². The van der Waals surface area contributed by atoms with Gasteiger partial charge in [0.05, 0.1) is 12.0 Å². The molecule has 0 aliphatic carbocycles. The molecule has 2 fully saturated rings. The first-order valence-corrected chi connectivity index (χ1v) is 8.18. The molecule has 0 saturated carbocycles. The summed E-state index contributed by atoms with van der Waals surface area (Å²) in [6.45, 7) is -0.569. The number of benzene rings is 1. The molecule has 2 aliphatic heterocycles. The average molecular weight is 377 g/mol. The number of alkyl halides is 2. The molecular formula is C16H23ClF2N4O2. The maximum atomic E-state index is 12.6. The number of rotatable bonds is 5. The quantitative estimate of drug-likeness (QED) is 0.624.